The molecule has 3 atom stereocenters. The zero-order valence-corrected chi connectivity index (χ0v) is 14.5. The first-order valence-corrected chi connectivity index (χ1v) is 8.58. The highest BCUT2D eigenvalue weighted by Gasteiger charge is 2.35. The van der Waals surface area contributed by atoms with Gasteiger partial charge in [0, 0.05) is 10.7 Å². The molecule has 3 rings (SSSR count). The Morgan fingerprint density at radius 1 is 1.25 bits per heavy atom. The molecule has 1 aromatic rings. The molecular weight excluding hydrogens is 328 g/mol. The molecule has 0 spiro atoms. The van der Waals surface area contributed by atoms with Crippen molar-refractivity contribution in [3.8, 4) is 0 Å². The van der Waals surface area contributed by atoms with E-state index in [4.69, 9.17) is 16.3 Å². The molecule has 24 heavy (non-hydrogen) atoms. The number of amides is 2. The van der Waals surface area contributed by atoms with Crippen molar-refractivity contribution in [2.24, 2.45) is 5.92 Å². The minimum atomic E-state index is -0.541. The minimum Gasteiger partial charge on any atom is -0.459 e. The topological polar surface area (TPSA) is 67.4 Å². The first kappa shape index (κ1) is 16.8. The lowest BCUT2D eigenvalue weighted by molar-refractivity contribution is -0.146. The van der Waals surface area contributed by atoms with Gasteiger partial charge in [0.05, 0.1) is 11.6 Å². The van der Waals surface area contributed by atoms with Crippen molar-refractivity contribution in [1.82, 2.24) is 10.6 Å². The number of rotatable bonds is 3. The molecule has 2 N–H and O–H groups in total. The zero-order chi connectivity index (χ0) is 17.3. The molecule has 0 bridgehead atoms. The molecule has 1 aliphatic heterocycles. The number of carbonyl (C=O) groups is 2. The molecule has 2 aliphatic rings. The van der Waals surface area contributed by atoms with Crippen LogP contribution in [0.2, 0.25) is 5.02 Å². The Kier molecular flexibility index (Phi) is 4.81. The maximum absolute atomic E-state index is 12.8. The van der Waals surface area contributed by atoms with Crippen LogP contribution in [0, 0.1) is 5.92 Å². The van der Waals surface area contributed by atoms with Crippen molar-refractivity contribution < 1.29 is 14.3 Å². The van der Waals surface area contributed by atoms with E-state index in [-0.39, 0.29) is 18.1 Å². The van der Waals surface area contributed by atoms with Gasteiger partial charge in [-0.3, -0.25) is 0 Å². The van der Waals surface area contributed by atoms with Gasteiger partial charge in [-0.1, -0.05) is 30.7 Å². The summed E-state index contributed by atoms with van der Waals surface area (Å²) in [4.78, 5) is 24.6. The fourth-order valence-corrected chi connectivity index (χ4v) is 3.48. The molecule has 6 heteroatoms. The van der Waals surface area contributed by atoms with Crippen LogP contribution in [0.25, 0.3) is 0 Å². The summed E-state index contributed by atoms with van der Waals surface area (Å²) in [6.45, 7) is 3.82. The van der Waals surface area contributed by atoms with Crippen LogP contribution in [0.5, 0.6) is 0 Å². The summed E-state index contributed by atoms with van der Waals surface area (Å²) >= 11 is 5.93. The van der Waals surface area contributed by atoms with Crippen LogP contribution in [0.1, 0.15) is 44.7 Å². The highest BCUT2D eigenvalue weighted by Crippen LogP contribution is 2.32. The van der Waals surface area contributed by atoms with Crippen LogP contribution in [0.4, 0.5) is 4.79 Å². The molecule has 0 aromatic heterocycles. The standard InChI is InChI=1S/C18H21ClN2O3/c1-10-4-3-5-14(10)24-17(22)15-11(2)20-18(23)21-16(15)12-6-8-13(19)9-7-12/h6-10,14,16H,3-5H2,1-2H3,(H2,20,21,23)/t10-,14-,16+/m0/s1. The lowest BCUT2D eigenvalue weighted by atomic mass is 9.95. The van der Waals surface area contributed by atoms with Gasteiger partial charge in [0.25, 0.3) is 0 Å². The fourth-order valence-electron chi connectivity index (χ4n) is 3.36. The Balaban J connectivity index is 1.88. The van der Waals surface area contributed by atoms with E-state index < -0.39 is 6.04 Å². The number of halogens is 1. The average molecular weight is 349 g/mol. The van der Waals surface area contributed by atoms with Crippen molar-refractivity contribution in [3.05, 3.63) is 46.1 Å². The van der Waals surface area contributed by atoms with Gasteiger partial charge < -0.3 is 15.4 Å². The molecule has 128 valence electrons. The van der Waals surface area contributed by atoms with Crippen LogP contribution in [-0.4, -0.2) is 18.1 Å². The molecule has 0 saturated heterocycles. The maximum Gasteiger partial charge on any atom is 0.338 e. The molecule has 2 amide bonds. The van der Waals surface area contributed by atoms with Crippen molar-refractivity contribution in [2.45, 2.75) is 45.3 Å². The predicted octanol–water partition coefficient (Wildman–Crippen LogP) is 3.70. The van der Waals surface area contributed by atoms with Crippen molar-refractivity contribution in [2.75, 3.05) is 0 Å². The second-order valence-corrected chi connectivity index (χ2v) is 6.91. The van der Waals surface area contributed by atoms with Gasteiger partial charge in [-0.05, 0) is 49.8 Å². The Hall–Kier alpha value is -2.01. The number of carbonyl (C=O) groups excluding carboxylic acids is 2. The average Bonchev–Trinajstić information content (AvgIpc) is 2.92. The molecular formula is C18H21ClN2O3. The van der Waals surface area contributed by atoms with Crippen molar-refractivity contribution >= 4 is 23.6 Å². The molecule has 1 aromatic carbocycles. The largest absolute Gasteiger partial charge is 0.459 e. The quantitative estimate of drug-likeness (QED) is 0.818. The summed E-state index contributed by atoms with van der Waals surface area (Å²) < 4.78 is 5.73. The third-order valence-corrected chi connectivity index (χ3v) is 4.99. The number of hydrogen-bond acceptors (Lipinski definition) is 3. The lowest BCUT2D eigenvalue weighted by Crippen LogP contribution is -2.45. The Bertz CT molecular complexity index is 684. The van der Waals surface area contributed by atoms with Crippen LogP contribution >= 0.6 is 11.6 Å². The summed E-state index contributed by atoms with van der Waals surface area (Å²) in [5, 5.41) is 6.06. The molecule has 1 aliphatic carbocycles. The van der Waals surface area contributed by atoms with Crippen molar-refractivity contribution in [1.29, 1.82) is 0 Å². The van der Waals surface area contributed by atoms with Crippen LogP contribution in [0.15, 0.2) is 35.5 Å². The number of esters is 1. The van der Waals surface area contributed by atoms with Gasteiger partial charge in [-0.25, -0.2) is 9.59 Å². The first-order chi connectivity index (χ1) is 11.5. The summed E-state index contributed by atoms with van der Waals surface area (Å²) in [5.41, 5.74) is 1.75. The van der Waals surface area contributed by atoms with E-state index in [2.05, 4.69) is 17.6 Å². The molecule has 5 nitrogen and oxygen atoms in total. The van der Waals surface area contributed by atoms with E-state index in [0.717, 1.165) is 24.8 Å². The lowest BCUT2D eigenvalue weighted by Gasteiger charge is -2.29. The number of ether oxygens (including phenoxy) is 1. The third kappa shape index (κ3) is 3.41. The highest BCUT2D eigenvalue weighted by atomic mass is 35.5. The van der Waals surface area contributed by atoms with Gasteiger partial charge in [0.15, 0.2) is 0 Å². The second kappa shape index (κ2) is 6.85. The SMILES string of the molecule is CC1=C(C(=O)O[C@H]2CCC[C@@H]2C)[C@@H](c2ccc(Cl)cc2)NC(=O)N1. The minimum absolute atomic E-state index is 0.0544. The molecule has 0 radical (unpaired) electrons. The summed E-state index contributed by atoms with van der Waals surface area (Å²) in [7, 11) is 0. The number of nitrogens with one attached hydrogen (secondary N) is 2. The van der Waals surface area contributed by atoms with E-state index in [1.54, 1.807) is 31.2 Å². The van der Waals surface area contributed by atoms with Gasteiger partial charge in [0.2, 0.25) is 0 Å². The molecule has 0 unspecified atom stereocenters. The number of hydrogen-bond donors (Lipinski definition) is 2. The second-order valence-electron chi connectivity index (χ2n) is 6.47. The first-order valence-electron chi connectivity index (χ1n) is 8.20. The summed E-state index contributed by atoms with van der Waals surface area (Å²) in [5.74, 6) is -0.00585. The van der Waals surface area contributed by atoms with Gasteiger partial charge >= 0.3 is 12.0 Å². The monoisotopic (exact) mass is 348 g/mol. The van der Waals surface area contributed by atoms with Gasteiger partial charge in [-0.15, -0.1) is 0 Å². The van der Waals surface area contributed by atoms with E-state index in [0.29, 0.717) is 22.2 Å². The van der Waals surface area contributed by atoms with Gasteiger partial charge in [0.1, 0.15) is 6.10 Å². The maximum atomic E-state index is 12.8. The predicted molar refractivity (Wildman–Crippen MR) is 91.5 cm³/mol. The fraction of sp³-hybridized carbons (Fsp3) is 0.444. The Morgan fingerprint density at radius 2 is 1.96 bits per heavy atom. The summed E-state index contributed by atoms with van der Waals surface area (Å²) in [6, 6.07) is 6.21. The Morgan fingerprint density at radius 3 is 2.58 bits per heavy atom. The third-order valence-electron chi connectivity index (χ3n) is 4.73. The highest BCUT2D eigenvalue weighted by molar-refractivity contribution is 6.30. The smallest absolute Gasteiger partial charge is 0.338 e. The van der Waals surface area contributed by atoms with E-state index in [1.807, 2.05) is 0 Å². The molecule has 1 heterocycles. The normalized spacial score (nSPS) is 26.8. The van der Waals surface area contributed by atoms with Crippen LogP contribution < -0.4 is 10.6 Å². The molecule has 1 saturated carbocycles. The number of benzene rings is 1. The number of allylic oxidation sites excluding steroid dienone is 1. The van der Waals surface area contributed by atoms with Crippen LogP contribution in [0.3, 0.4) is 0 Å². The van der Waals surface area contributed by atoms with E-state index >= 15 is 0 Å². The van der Waals surface area contributed by atoms with E-state index in [1.165, 1.54) is 0 Å². The summed E-state index contributed by atoms with van der Waals surface area (Å²) in [6.07, 6.45) is 2.99. The Labute approximate surface area is 146 Å². The van der Waals surface area contributed by atoms with Crippen LogP contribution in [-0.2, 0) is 9.53 Å². The van der Waals surface area contributed by atoms with E-state index in [9.17, 15) is 9.59 Å². The van der Waals surface area contributed by atoms with Gasteiger partial charge in [-0.2, -0.15) is 0 Å². The number of urea groups is 1. The van der Waals surface area contributed by atoms with Crippen molar-refractivity contribution in [3.63, 3.8) is 0 Å². The molecule has 1 fully saturated rings. The zero-order valence-electron chi connectivity index (χ0n) is 13.8.